The van der Waals surface area contributed by atoms with Crippen LogP contribution in [0.5, 0.6) is 0 Å². The molecule has 0 saturated heterocycles. The van der Waals surface area contributed by atoms with Gasteiger partial charge in [-0.2, -0.15) is 5.10 Å². The Hall–Kier alpha value is -2.20. The van der Waals surface area contributed by atoms with E-state index in [9.17, 15) is 0 Å². The van der Waals surface area contributed by atoms with Gasteiger partial charge in [0.2, 0.25) is 0 Å². The number of aryl methyl sites for hydroxylation is 1. The highest BCUT2D eigenvalue weighted by Gasteiger charge is 2.12. The molecule has 0 bridgehead atoms. The van der Waals surface area contributed by atoms with Crippen molar-refractivity contribution in [1.82, 2.24) is 20.1 Å². The van der Waals surface area contributed by atoms with Crippen molar-refractivity contribution in [2.75, 3.05) is 7.05 Å². The van der Waals surface area contributed by atoms with Crippen LogP contribution in [0.2, 0.25) is 0 Å². The molecule has 1 atom stereocenters. The third-order valence-electron chi connectivity index (χ3n) is 3.55. The minimum Gasteiger partial charge on any atom is -0.313 e. The maximum Gasteiger partial charge on any atom is 0.0705 e. The molecule has 0 fully saturated rings. The number of hydrogen-bond donors (Lipinski definition) is 1. The second kappa shape index (κ2) is 5.43. The second-order valence-electron chi connectivity index (χ2n) is 4.99. The Bertz CT molecular complexity index is 717. The fraction of sp³-hybridized carbons (Fsp3) is 0.250. The quantitative estimate of drug-likeness (QED) is 0.789. The fourth-order valence-electron chi connectivity index (χ4n) is 2.44. The number of pyridine rings is 1. The number of fused-ring (bicyclic) bond motifs is 1. The van der Waals surface area contributed by atoms with E-state index in [-0.39, 0.29) is 6.04 Å². The van der Waals surface area contributed by atoms with Crippen LogP contribution >= 0.6 is 0 Å². The Balaban J connectivity index is 1.87. The van der Waals surface area contributed by atoms with Crippen LogP contribution in [0.1, 0.15) is 17.3 Å². The molecule has 0 aliphatic rings. The first-order valence-electron chi connectivity index (χ1n) is 6.77. The Morgan fingerprint density at radius 1 is 1.20 bits per heavy atom. The van der Waals surface area contributed by atoms with Gasteiger partial charge in [-0.15, -0.1) is 0 Å². The van der Waals surface area contributed by atoms with Crippen LogP contribution in [0.15, 0.2) is 48.8 Å². The molecule has 0 radical (unpaired) electrons. The lowest BCUT2D eigenvalue weighted by atomic mass is 10.0. The highest BCUT2D eigenvalue weighted by molar-refractivity contribution is 5.78. The number of rotatable bonds is 4. The molecule has 0 saturated carbocycles. The molecule has 4 heteroatoms. The maximum atomic E-state index is 4.73. The van der Waals surface area contributed by atoms with Crippen molar-refractivity contribution < 1.29 is 0 Å². The summed E-state index contributed by atoms with van der Waals surface area (Å²) in [5.74, 6) is 0. The van der Waals surface area contributed by atoms with Crippen molar-refractivity contribution in [3.8, 4) is 0 Å². The van der Waals surface area contributed by atoms with Gasteiger partial charge in [0.05, 0.1) is 11.7 Å². The fourth-order valence-corrected chi connectivity index (χ4v) is 2.44. The van der Waals surface area contributed by atoms with Crippen molar-refractivity contribution in [1.29, 1.82) is 0 Å². The summed E-state index contributed by atoms with van der Waals surface area (Å²) in [6.07, 6.45) is 4.80. The van der Waals surface area contributed by atoms with Gasteiger partial charge in [0.25, 0.3) is 0 Å². The van der Waals surface area contributed by atoms with Crippen molar-refractivity contribution in [3.05, 3.63) is 60.0 Å². The molecule has 3 rings (SSSR count). The Kier molecular flexibility index (Phi) is 3.48. The lowest BCUT2D eigenvalue weighted by molar-refractivity contribution is 0.584. The average molecular weight is 266 g/mol. The number of aromatic nitrogens is 3. The molecule has 1 unspecified atom stereocenters. The zero-order chi connectivity index (χ0) is 13.9. The van der Waals surface area contributed by atoms with Crippen LogP contribution < -0.4 is 5.32 Å². The molecular weight excluding hydrogens is 248 g/mol. The molecule has 0 spiro atoms. The van der Waals surface area contributed by atoms with Crippen LogP contribution in [0, 0.1) is 0 Å². The molecule has 0 aliphatic carbocycles. The Labute approximate surface area is 118 Å². The summed E-state index contributed by atoms with van der Waals surface area (Å²) in [6, 6.07) is 12.7. The van der Waals surface area contributed by atoms with Crippen LogP contribution in [0.3, 0.4) is 0 Å². The minimum absolute atomic E-state index is 0.234. The van der Waals surface area contributed by atoms with E-state index in [0.29, 0.717) is 0 Å². The standard InChI is InChI=1S/C16H18N4/c1-17-16(13-10-18-20(2)11-13)9-14-8-7-12-5-3-4-6-15(12)19-14/h3-8,10-11,16-17H,9H2,1-2H3. The van der Waals surface area contributed by atoms with Gasteiger partial charge in [-0.1, -0.05) is 24.3 Å². The smallest absolute Gasteiger partial charge is 0.0705 e. The zero-order valence-corrected chi connectivity index (χ0v) is 11.7. The van der Waals surface area contributed by atoms with E-state index >= 15 is 0 Å². The van der Waals surface area contributed by atoms with Gasteiger partial charge in [0.1, 0.15) is 0 Å². The summed E-state index contributed by atoms with van der Waals surface area (Å²) in [5.41, 5.74) is 3.32. The highest BCUT2D eigenvalue weighted by Crippen LogP contribution is 2.18. The van der Waals surface area contributed by atoms with E-state index < -0.39 is 0 Å². The SMILES string of the molecule is CNC(Cc1ccc2ccccc2n1)c1cnn(C)c1. The topological polar surface area (TPSA) is 42.7 Å². The zero-order valence-electron chi connectivity index (χ0n) is 11.7. The highest BCUT2D eigenvalue weighted by atomic mass is 15.2. The summed E-state index contributed by atoms with van der Waals surface area (Å²) in [4.78, 5) is 4.73. The number of nitrogens with zero attached hydrogens (tertiary/aromatic N) is 3. The van der Waals surface area contributed by atoms with Gasteiger partial charge in [-0.05, 0) is 19.2 Å². The Morgan fingerprint density at radius 2 is 2.05 bits per heavy atom. The van der Waals surface area contributed by atoms with Gasteiger partial charge >= 0.3 is 0 Å². The van der Waals surface area contributed by atoms with Gasteiger partial charge in [-0.25, -0.2) is 0 Å². The molecule has 4 nitrogen and oxygen atoms in total. The van der Waals surface area contributed by atoms with Crippen molar-refractivity contribution >= 4 is 10.9 Å². The van der Waals surface area contributed by atoms with Crippen LogP contribution in [0.25, 0.3) is 10.9 Å². The van der Waals surface area contributed by atoms with Gasteiger partial charge in [0, 0.05) is 42.4 Å². The van der Waals surface area contributed by atoms with Gasteiger partial charge in [0.15, 0.2) is 0 Å². The van der Waals surface area contributed by atoms with E-state index in [2.05, 4.69) is 34.7 Å². The Morgan fingerprint density at radius 3 is 2.80 bits per heavy atom. The van der Waals surface area contributed by atoms with E-state index in [1.165, 1.54) is 10.9 Å². The summed E-state index contributed by atoms with van der Waals surface area (Å²) in [5, 5.41) is 8.75. The number of nitrogens with one attached hydrogen (secondary N) is 1. The monoisotopic (exact) mass is 266 g/mol. The van der Waals surface area contributed by atoms with Crippen molar-refractivity contribution in [3.63, 3.8) is 0 Å². The molecule has 3 aromatic rings. The van der Waals surface area contributed by atoms with Crippen molar-refractivity contribution in [2.45, 2.75) is 12.5 Å². The molecule has 0 aliphatic heterocycles. The van der Waals surface area contributed by atoms with Crippen LogP contribution in [0.4, 0.5) is 0 Å². The first-order chi connectivity index (χ1) is 9.76. The predicted molar refractivity (Wildman–Crippen MR) is 80.5 cm³/mol. The molecule has 102 valence electrons. The van der Waals surface area contributed by atoms with E-state index in [1.807, 2.05) is 43.3 Å². The summed E-state index contributed by atoms with van der Waals surface area (Å²) in [6.45, 7) is 0. The first kappa shape index (κ1) is 12.8. The first-order valence-corrected chi connectivity index (χ1v) is 6.77. The number of likely N-dealkylation sites (N-methyl/N-ethyl adjacent to an activating group) is 1. The van der Waals surface area contributed by atoms with Gasteiger partial charge in [-0.3, -0.25) is 9.67 Å². The van der Waals surface area contributed by atoms with E-state index in [1.54, 1.807) is 0 Å². The van der Waals surface area contributed by atoms with Gasteiger partial charge < -0.3 is 5.32 Å². The number of hydrogen-bond acceptors (Lipinski definition) is 3. The maximum absolute atomic E-state index is 4.73. The molecule has 2 aromatic heterocycles. The molecule has 2 heterocycles. The number of para-hydroxylation sites is 1. The van der Waals surface area contributed by atoms with Crippen LogP contribution in [-0.2, 0) is 13.5 Å². The lowest BCUT2D eigenvalue weighted by Crippen LogP contribution is -2.18. The average Bonchev–Trinajstić information content (AvgIpc) is 2.91. The minimum atomic E-state index is 0.234. The molecule has 20 heavy (non-hydrogen) atoms. The van der Waals surface area contributed by atoms with Crippen molar-refractivity contribution in [2.24, 2.45) is 7.05 Å². The third kappa shape index (κ3) is 2.56. The second-order valence-corrected chi connectivity index (χ2v) is 4.99. The third-order valence-corrected chi connectivity index (χ3v) is 3.55. The predicted octanol–water partition coefficient (Wildman–Crippen LogP) is 2.47. The van der Waals surface area contributed by atoms with E-state index in [4.69, 9.17) is 4.98 Å². The normalized spacial score (nSPS) is 12.7. The van der Waals surface area contributed by atoms with E-state index in [0.717, 1.165) is 17.6 Å². The molecule has 0 amide bonds. The molecule has 1 N–H and O–H groups in total. The molecular formula is C16H18N4. The lowest BCUT2D eigenvalue weighted by Gasteiger charge is -2.14. The van der Waals surface area contributed by atoms with Crippen LogP contribution in [-0.4, -0.2) is 21.8 Å². The largest absolute Gasteiger partial charge is 0.313 e. The summed E-state index contributed by atoms with van der Waals surface area (Å²) in [7, 11) is 3.91. The summed E-state index contributed by atoms with van der Waals surface area (Å²) >= 11 is 0. The summed E-state index contributed by atoms with van der Waals surface area (Å²) < 4.78 is 1.83. The molecule has 1 aromatic carbocycles. The number of benzene rings is 1.